The molecule has 6 nitrogen and oxygen atoms in total. The zero-order valence-corrected chi connectivity index (χ0v) is 5.95. The molecular formula is C6H8O6. The largest absolute Gasteiger partial charge is 0.454 e. The molecule has 3 N–H and O–H groups in total. The van der Waals surface area contributed by atoms with Gasteiger partial charge in [-0.05, 0) is 0 Å². The number of rotatable bonds is 2. The Morgan fingerprint density at radius 1 is 1.50 bits per heavy atom. The zero-order valence-electron chi connectivity index (χ0n) is 5.95. The van der Waals surface area contributed by atoms with Crippen LogP contribution in [-0.4, -0.2) is 52.0 Å². The Bertz CT molecular complexity index is 202. The van der Waals surface area contributed by atoms with Crippen LogP contribution < -0.4 is 0 Å². The Labute approximate surface area is 67.4 Å². The molecule has 0 amide bonds. The molecule has 0 aliphatic carbocycles. The number of esters is 1. The van der Waals surface area contributed by atoms with Crippen LogP contribution in [0.2, 0.25) is 0 Å². The lowest BCUT2D eigenvalue weighted by Gasteiger charge is -2.14. The molecule has 1 saturated heterocycles. The summed E-state index contributed by atoms with van der Waals surface area (Å²) >= 11 is 0. The Kier molecular flexibility index (Phi) is 2.41. The molecule has 0 aromatic heterocycles. The Balaban J connectivity index is 2.70. The maximum absolute atomic E-state index is 10.6. The maximum Gasteiger partial charge on any atom is 0.338 e. The van der Waals surface area contributed by atoms with Crippen molar-refractivity contribution in [3.8, 4) is 0 Å². The Hall–Kier alpha value is -0.980. The number of aldehydes is 1. The molecule has 6 heteroatoms. The number of carbonyl (C=O) groups is 2. The highest BCUT2D eigenvalue weighted by atomic mass is 16.6. The van der Waals surface area contributed by atoms with E-state index in [-0.39, 0.29) is 6.29 Å². The average Bonchev–Trinajstić information content (AvgIpc) is 2.32. The van der Waals surface area contributed by atoms with Gasteiger partial charge in [0.2, 0.25) is 0 Å². The number of hydrogen-bond donors (Lipinski definition) is 3. The zero-order chi connectivity index (χ0) is 9.30. The number of carbonyl (C=O) groups excluding carboxylic acids is 2. The van der Waals surface area contributed by atoms with Crippen LogP contribution in [0.5, 0.6) is 0 Å². The van der Waals surface area contributed by atoms with Crippen molar-refractivity contribution in [2.45, 2.75) is 24.4 Å². The summed E-state index contributed by atoms with van der Waals surface area (Å²) < 4.78 is 4.32. The summed E-state index contributed by atoms with van der Waals surface area (Å²) in [5.41, 5.74) is 0. The minimum Gasteiger partial charge on any atom is -0.454 e. The van der Waals surface area contributed by atoms with Crippen LogP contribution in [0.4, 0.5) is 0 Å². The lowest BCUT2D eigenvalue weighted by molar-refractivity contribution is -0.151. The molecule has 0 bridgehead atoms. The molecule has 1 rings (SSSR count). The smallest absolute Gasteiger partial charge is 0.338 e. The molecule has 1 aliphatic rings. The molecule has 0 aromatic rings. The SMILES string of the molecule is O=C[C@@H](O)[C@@H]1OC(=O)[C@H](O)[C@H]1O. The molecule has 12 heavy (non-hydrogen) atoms. The second-order valence-corrected chi connectivity index (χ2v) is 2.46. The van der Waals surface area contributed by atoms with E-state index in [4.69, 9.17) is 15.3 Å². The summed E-state index contributed by atoms with van der Waals surface area (Å²) in [6.45, 7) is 0. The first-order valence-corrected chi connectivity index (χ1v) is 3.28. The van der Waals surface area contributed by atoms with E-state index in [0.717, 1.165) is 0 Å². The third kappa shape index (κ3) is 1.31. The van der Waals surface area contributed by atoms with Crippen LogP contribution >= 0.6 is 0 Å². The quantitative estimate of drug-likeness (QED) is 0.310. The van der Waals surface area contributed by atoms with Gasteiger partial charge in [0, 0.05) is 0 Å². The van der Waals surface area contributed by atoms with Gasteiger partial charge < -0.3 is 24.9 Å². The molecular weight excluding hydrogens is 168 g/mol. The van der Waals surface area contributed by atoms with Gasteiger partial charge in [0.1, 0.15) is 12.2 Å². The van der Waals surface area contributed by atoms with Gasteiger partial charge in [-0.25, -0.2) is 4.79 Å². The monoisotopic (exact) mass is 176 g/mol. The second-order valence-electron chi connectivity index (χ2n) is 2.46. The standard InChI is InChI=1S/C6H8O6/c7-1-2(8)5-3(9)4(10)6(11)12-5/h1-5,8-10H/t2-,3-,4-,5+/m1/s1. The summed E-state index contributed by atoms with van der Waals surface area (Å²) in [4.78, 5) is 20.6. The van der Waals surface area contributed by atoms with Crippen molar-refractivity contribution in [2.24, 2.45) is 0 Å². The molecule has 1 heterocycles. The van der Waals surface area contributed by atoms with Gasteiger partial charge in [-0.2, -0.15) is 0 Å². The van der Waals surface area contributed by atoms with Gasteiger partial charge in [-0.15, -0.1) is 0 Å². The van der Waals surface area contributed by atoms with Crippen LogP contribution in [0, 0.1) is 0 Å². The summed E-state index contributed by atoms with van der Waals surface area (Å²) in [7, 11) is 0. The van der Waals surface area contributed by atoms with Gasteiger partial charge in [0.25, 0.3) is 0 Å². The van der Waals surface area contributed by atoms with Crippen LogP contribution in [0.1, 0.15) is 0 Å². The number of hydrogen-bond acceptors (Lipinski definition) is 6. The van der Waals surface area contributed by atoms with Crippen molar-refractivity contribution in [1.82, 2.24) is 0 Å². The van der Waals surface area contributed by atoms with Crippen molar-refractivity contribution < 1.29 is 29.6 Å². The minimum absolute atomic E-state index is 0.124. The molecule has 4 atom stereocenters. The predicted molar refractivity (Wildman–Crippen MR) is 34.0 cm³/mol. The third-order valence-electron chi connectivity index (χ3n) is 1.63. The Morgan fingerprint density at radius 2 is 2.08 bits per heavy atom. The van der Waals surface area contributed by atoms with Crippen molar-refractivity contribution in [1.29, 1.82) is 0 Å². The fourth-order valence-electron chi connectivity index (χ4n) is 0.942. The normalized spacial score (nSPS) is 37.6. The first kappa shape index (κ1) is 9.11. The minimum atomic E-state index is -1.68. The number of aliphatic hydroxyl groups is 3. The number of cyclic esters (lactones) is 1. The lowest BCUT2D eigenvalue weighted by atomic mass is 10.1. The topological polar surface area (TPSA) is 104 Å². The third-order valence-corrected chi connectivity index (χ3v) is 1.63. The van der Waals surface area contributed by atoms with E-state index in [1.54, 1.807) is 0 Å². The molecule has 68 valence electrons. The van der Waals surface area contributed by atoms with Crippen molar-refractivity contribution in [2.75, 3.05) is 0 Å². The number of aliphatic hydroxyl groups excluding tert-OH is 3. The van der Waals surface area contributed by atoms with Gasteiger partial charge in [-0.1, -0.05) is 0 Å². The van der Waals surface area contributed by atoms with Crippen LogP contribution in [0.15, 0.2) is 0 Å². The highest BCUT2D eigenvalue weighted by Crippen LogP contribution is 2.17. The predicted octanol–water partition coefficient (Wildman–Crippen LogP) is -2.81. The maximum atomic E-state index is 10.6. The van der Waals surface area contributed by atoms with E-state index in [0.29, 0.717) is 0 Å². The Morgan fingerprint density at radius 3 is 2.42 bits per heavy atom. The second kappa shape index (κ2) is 3.18. The highest BCUT2D eigenvalue weighted by molar-refractivity contribution is 5.78. The first-order valence-electron chi connectivity index (χ1n) is 3.28. The van der Waals surface area contributed by atoms with Crippen molar-refractivity contribution in [3.05, 3.63) is 0 Å². The average molecular weight is 176 g/mol. The summed E-state index contributed by atoms with van der Waals surface area (Å²) in [5.74, 6) is -1.03. The van der Waals surface area contributed by atoms with E-state index in [2.05, 4.69) is 4.74 Å². The molecule has 0 saturated carbocycles. The number of ether oxygens (including phenoxy) is 1. The summed E-state index contributed by atoms with van der Waals surface area (Å²) in [5, 5.41) is 26.7. The van der Waals surface area contributed by atoms with Crippen LogP contribution in [0.3, 0.4) is 0 Å². The summed E-state index contributed by atoms with van der Waals surface area (Å²) in [6, 6.07) is 0. The van der Waals surface area contributed by atoms with E-state index in [1.165, 1.54) is 0 Å². The molecule has 0 spiro atoms. The van der Waals surface area contributed by atoms with Crippen molar-refractivity contribution in [3.63, 3.8) is 0 Å². The van der Waals surface area contributed by atoms with Gasteiger partial charge in [0.05, 0.1) is 0 Å². The van der Waals surface area contributed by atoms with Crippen LogP contribution in [-0.2, 0) is 14.3 Å². The van der Waals surface area contributed by atoms with Gasteiger partial charge in [-0.3, -0.25) is 0 Å². The van der Waals surface area contributed by atoms with E-state index in [1.807, 2.05) is 0 Å². The molecule has 0 aromatic carbocycles. The molecule has 1 fully saturated rings. The molecule has 0 unspecified atom stereocenters. The first-order chi connectivity index (χ1) is 5.57. The molecule has 0 radical (unpaired) electrons. The fraction of sp³-hybridized carbons (Fsp3) is 0.667. The van der Waals surface area contributed by atoms with E-state index < -0.39 is 30.4 Å². The van der Waals surface area contributed by atoms with E-state index >= 15 is 0 Å². The fourth-order valence-corrected chi connectivity index (χ4v) is 0.942. The summed E-state index contributed by atoms with van der Waals surface area (Å²) in [6.07, 6.45) is -6.05. The lowest BCUT2D eigenvalue weighted by Crippen LogP contribution is -2.39. The highest BCUT2D eigenvalue weighted by Gasteiger charge is 2.46. The van der Waals surface area contributed by atoms with E-state index in [9.17, 15) is 9.59 Å². The van der Waals surface area contributed by atoms with Gasteiger partial charge >= 0.3 is 5.97 Å². The molecule has 1 aliphatic heterocycles. The van der Waals surface area contributed by atoms with Crippen molar-refractivity contribution >= 4 is 12.3 Å². The van der Waals surface area contributed by atoms with Crippen LogP contribution in [0.25, 0.3) is 0 Å². The van der Waals surface area contributed by atoms with Gasteiger partial charge in [0.15, 0.2) is 18.5 Å².